The Labute approximate surface area is 285 Å². The van der Waals surface area contributed by atoms with Crippen LogP contribution in [0.4, 0.5) is 11.6 Å². The minimum absolute atomic E-state index is 0.249. The van der Waals surface area contributed by atoms with Gasteiger partial charge in [0, 0.05) is 26.6 Å². The highest BCUT2D eigenvalue weighted by Crippen LogP contribution is 2.40. The molecule has 1 atom stereocenters. The van der Waals surface area contributed by atoms with Crippen molar-refractivity contribution >= 4 is 56.8 Å². The van der Waals surface area contributed by atoms with Crippen molar-refractivity contribution in [2.75, 3.05) is 17.7 Å². The topological polar surface area (TPSA) is 90.3 Å². The second kappa shape index (κ2) is 14.0. The maximum absolute atomic E-state index is 14.0. The van der Waals surface area contributed by atoms with E-state index < -0.39 is 6.04 Å². The Morgan fingerprint density at radius 3 is 2.63 bits per heavy atom. The van der Waals surface area contributed by atoms with Gasteiger partial charge in [0.1, 0.15) is 12.6 Å². The highest BCUT2D eigenvalue weighted by atomic mass is 79.9. The van der Waals surface area contributed by atoms with E-state index in [4.69, 9.17) is 31.2 Å². The van der Waals surface area contributed by atoms with E-state index in [0.29, 0.717) is 56.9 Å². The first kappa shape index (κ1) is 31.7. The van der Waals surface area contributed by atoms with Crippen molar-refractivity contribution in [3.05, 3.63) is 134 Å². The van der Waals surface area contributed by atoms with E-state index in [9.17, 15) is 4.79 Å². The van der Waals surface area contributed by atoms with Gasteiger partial charge < -0.3 is 20.1 Å². The van der Waals surface area contributed by atoms with Crippen LogP contribution in [0.5, 0.6) is 11.5 Å². The van der Waals surface area contributed by atoms with E-state index >= 15 is 0 Å². The van der Waals surface area contributed by atoms with Gasteiger partial charge in [-0.1, -0.05) is 87.8 Å². The summed E-state index contributed by atoms with van der Waals surface area (Å²) >= 11 is 11.4. The van der Waals surface area contributed by atoms with E-state index in [-0.39, 0.29) is 5.91 Å². The van der Waals surface area contributed by atoms with Crippen molar-refractivity contribution < 1.29 is 14.3 Å². The molecule has 8 nitrogen and oxygen atoms in total. The second-order valence-electron chi connectivity index (χ2n) is 10.8. The minimum atomic E-state index is -0.601. The first-order valence-electron chi connectivity index (χ1n) is 14.5. The lowest BCUT2D eigenvalue weighted by molar-refractivity contribution is -0.113. The van der Waals surface area contributed by atoms with Crippen LogP contribution >= 0.6 is 39.3 Å². The monoisotopic (exact) mass is 715 g/mol. The fraction of sp³-hybridized carbons (Fsp3) is 0.171. The molecular formula is C35H31BrClN5O3S. The zero-order chi connectivity index (χ0) is 32.2. The predicted molar refractivity (Wildman–Crippen MR) is 187 cm³/mol. The maximum atomic E-state index is 14.0. The van der Waals surface area contributed by atoms with Gasteiger partial charge in [0.15, 0.2) is 11.5 Å². The molecule has 2 heterocycles. The number of amides is 1. The second-order valence-corrected chi connectivity index (χ2v) is 13.0. The van der Waals surface area contributed by atoms with E-state index in [1.165, 1.54) is 11.8 Å². The van der Waals surface area contributed by atoms with E-state index in [1.54, 1.807) is 11.8 Å². The Bertz CT molecular complexity index is 1950. The Kier molecular flexibility index (Phi) is 9.67. The SMILES string of the molecule is COc1cc(C2C(C(=O)Nc3cccc(C)c3)=C(C)Nc3nc(SCc4ccccc4Cl)nn32)ccc1OCc1cccc(Br)c1. The number of aryl methyl sites for hydroxylation is 1. The van der Waals surface area contributed by atoms with Gasteiger partial charge >= 0.3 is 0 Å². The summed E-state index contributed by atoms with van der Waals surface area (Å²) < 4.78 is 14.7. The van der Waals surface area contributed by atoms with Crippen LogP contribution in [0.1, 0.15) is 35.2 Å². The van der Waals surface area contributed by atoms with Crippen molar-refractivity contribution in [3.8, 4) is 11.5 Å². The summed E-state index contributed by atoms with van der Waals surface area (Å²) in [6.07, 6.45) is 0. The molecule has 46 heavy (non-hydrogen) atoms. The van der Waals surface area contributed by atoms with Crippen LogP contribution in [0.2, 0.25) is 5.02 Å². The normalized spacial score (nSPS) is 14.0. The highest BCUT2D eigenvalue weighted by molar-refractivity contribution is 9.10. The molecule has 0 bridgehead atoms. The Morgan fingerprint density at radius 2 is 1.85 bits per heavy atom. The number of carbonyl (C=O) groups is 1. The molecule has 1 aliphatic rings. The summed E-state index contributed by atoms with van der Waals surface area (Å²) in [5.74, 6) is 2.00. The summed E-state index contributed by atoms with van der Waals surface area (Å²) in [6, 6.07) is 28.5. The quantitative estimate of drug-likeness (QED) is 0.140. The molecule has 4 aromatic carbocycles. The predicted octanol–water partition coefficient (Wildman–Crippen LogP) is 8.81. The molecule has 11 heteroatoms. The number of allylic oxidation sites excluding steroid dienone is 1. The largest absolute Gasteiger partial charge is 0.493 e. The number of benzene rings is 4. The summed E-state index contributed by atoms with van der Waals surface area (Å²) in [5, 5.41) is 12.5. The number of carbonyl (C=O) groups excluding carboxylic acids is 1. The molecule has 1 unspecified atom stereocenters. The molecule has 0 saturated carbocycles. The summed E-state index contributed by atoms with van der Waals surface area (Å²) in [7, 11) is 1.60. The van der Waals surface area contributed by atoms with Gasteiger partial charge in [-0.25, -0.2) is 4.68 Å². The third-order valence-corrected chi connectivity index (χ3v) is 9.20. The Morgan fingerprint density at radius 1 is 1.02 bits per heavy atom. The molecule has 0 fully saturated rings. The van der Waals surface area contributed by atoms with Crippen molar-refractivity contribution in [3.63, 3.8) is 0 Å². The van der Waals surface area contributed by atoms with Crippen molar-refractivity contribution in [2.24, 2.45) is 0 Å². The number of nitrogens with zero attached hydrogens (tertiary/aromatic N) is 3. The Hall–Kier alpha value is -4.25. The molecular weight excluding hydrogens is 686 g/mol. The zero-order valence-electron chi connectivity index (χ0n) is 25.4. The Balaban J connectivity index is 1.35. The van der Waals surface area contributed by atoms with Crippen LogP contribution in [0, 0.1) is 6.92 Å². The molecule has 1 amide bonds. The zero-order valence-corrected chi connectivity index (χ0v) is 28.5. The molecule has 5 aromatic rings. The van der Waals surface area contributed by atoms with Crippen molar-refractivity contribution in [1.29, 1.82) is 0 Å². The number of anilines is 2. The van der Waals surface area contributed by atoms with Gasteiger partial charge in [-0.3, -0.25) is 4.79 Å². The summed E-state index contributed by atoms with van der Waals surface area (Å²) in [6.45, 7) is 4.23. The number of ether oxygens (including phenoxy) is 2. The molecule has 1 aromatic heterocycles. The number of nitrogens with one attached hydrogen (secondary N) is 2. The lowest BCUT2D eigenvalue weighted by Gasteiger charge is -2.29. The highest BCUT2D eigenvalue weighted by Gasteiger charge is 2.35. The number of thioether (sulfide) groups is 1. The van der Waals surface area contributed by atoms with Crippen molar-refractivity contribution in [2.45, 2.75) is 37.4 Å². The lowest BCUT2D eigenvalue weighted by Crippen LogP contribution is -2.31. The van der Waals surface area contributed by atoms with Gasteiger partial charge in [0.05, 0.1) is 12.7 Å². The average molecular weight is 717 g/mol. The average Bonchev–Trinajstić information content (AvgIpc) is 3.45. The van der Waals surface area contributed by atoms with Gasteiger partial charge in [0.25, 0.3) is 5.91 Å². The van der Waals surface area contributed by atoms with E-state index in [0.717, 1.165) is 26.7 Å². The number of hydrogen-bond donors (Lipinski definition) is 2. The molecule has 2 N–H and O–H groups in total. The van der Waals surface area contributed by atoms with Crippen LogP contribution < -0.4 is 20.1 Å². The smallest absolute Gasteiger partial charge is 0.255 e. The van der Waals surface area contributed by atoms with Crippen LogP contribution in [0.25, 0.3) is 0 Å². The molecule has 234 valence electrons. The third kappa shape index (κ3) is 7.09. The molecule has 0 aliphatic carbocycles. The van der Waals surface area contributed by atoms with Gasteiger partial charge in [-0.05, 0) is 78.6 Å². The lowest BCUT2D eigenvalue weighted by atomic mass is 9.94. The molecule has 1 aliphatic heterocycles. The maximum Gasteiger partial charge on any atom is 0.255 e. The summed E-state index contributed by atoms with van der Waals surface area (Å²) in [4.78, 5) is 18.8. The fourth-order valence-electron chi connectivity index (χ4n) is 5.24. The van der Waals surface area contributed by atoms with Crippen LogP contribution in [0.3, 0.4) is 0 Å². The van der Waals surface area contributed by atoms with Crippen LogP contribution in [0.15, 0.2) is 112 Å². The van der Waals surface area contributed by atoms with E-state index in [1.807, 2.05) is 105 Å². The van der Waals surface area contributed by atoms with Gasteiger partial charge in [-0.2, -0.15) is 4.98 Å². The van der Waals surface area contributed by atoms with Crippen molar-refractivity contribution in [1.82, 2.24) is 14.8 Å². The van der Waals surface area contributed by atoms with Crippen LogP contribution in [-0.2, 0) is 17.2 Å². The van der Waals surface area contributed by atoms with Gasteiger partial charge in [0.2, 0.25) is 11.1 Å². The molecule has 0 saturated heterocycles. The standard InChI is InChI=1S/C35H31BrClN5O3S/c1-21-8-6-12-27(16-21)39-33(43)31-22(2)38-34-40-35(46-20-25-10-4-5-13-28(25)37)41-42(34)32(31)24-14-15-29(30(18-24)44-3)45-19-23-9-7-11-26(36)17-23/h4-18,32H,19-20H2,1-3H3,(H,39,43)(H,38,40,41). The summed E-state index contributed by atoms with van der Waals surface area (Å²) in [5.41, 5.74) is 5.72. The number of aromatic nitrogens is 3. The minimum Gasteiger partial charge on any atom is -0.493 e. The number of rotatable bonds is 10. The fourth-order valence-corrected chi connectivity index (χ4v) is 6.80. The number of halogens is 2. The van der Waals surface area contributed by atoms with Gasteiger partial charge in [-0.15, -0.1) is 5.10 Å². The first-order chi connectivity index (χ1) is 22.3. The number of methoxy groups -OCH3 is 1. The third-order valence-electron chi connectivity index (χ3n) is 7.46. The number of fused-ring (bicyclic) bond motifs is 1. The number of hydrogen-bond acceptors (Lipinski definition) is 7. The molecule has 0 spiro atoms. The molecule has 0 radical (unpaired) electrons. The first-order valence-corrected chi connectivity index (χ1v) is 16.7. The van der Waals surface area contributed by atoms with E-state index in [2.05, 4.69) is 26.6 Å². The van der Waals surface area contributed by atoms with Crippen LogP contribution in [-0.4, -0.2) is 27.8 Å². The molecule has 6 rings (SSSR count).